The first kappa shape index (κ1) is 13.4. The number of nitrogens with zero attached hydrogens (tertiary/aromatic N) is 2. The predicted octanol–water partition coefficient (Wildman–Crippen LogP) is 2.26. The molecule has 0 aromatic rings. The maximum Gasteiger partial charge on any atom is 0.0592 e. The third-order valence-corrected chi connectivity index (χ3v) is 2.04. The van der Waals surface area contributed by atoms with Crippen LogP contribution in [0.3, 0.4) is 0 Å². The van der Waals surface area contributed by atoms with E-state index in [0.717, 1.165) is 18.6 Å². The summed E-state index contributed by atoms with van der Waals surface area (Å²) in [5, 5.41) is 15.7. The molecule has 0 bridgehead atoms. The van der Waals surface area contributed by atoms with E-state index < -0.39 is 0 Å². The third kappa shape index (κ3) is 8.05. The Labute approximate surface area is 87.8 Å². The minimum Gasteiger partial charge on any atom is -0.393 e. The summed E-state index contributed by atoms with van der Waals surface area (Å²) in [6, 6.07) is 0. The highest BCUT2D eigenvalue weighted by atomic mass is 16.3. The van der Waals surface area contributed by atoms with E-state index in [0.29, 0.717) is 6.42 Å². The predicted molar refractivity (Wildman–Crippen MR) is 61.6 cm³/mol. The fraction of sp³-hybridized carbons (Fsp3) is 0.909. The summed E-state index contributed by atoms with van der Waals surface area (Å²) in [4.78, 5) is 0. The third-order valence-electron chi connectivity index (χ3n) is 2.04. The van der Waals surface area contributed by atoms with Gasteiger partial charge in [0.15, 0.2) is 0 Å². The highest BCUT2D eigenvalue weighted by molar-refractivity contribution is 5.82. The van der Waals surface area contributed by atoms with E-state index in [-0.39, 0.29) is 6.10 Å². The van der Waals surface area contributed by atoms with Crippen LogP contribution in [-0.4, -0.2) is 36.0 Å². The molecule has 0 saturated carbocycles. The molecule has 0 aliphatic heterocycles. The lowest BCUT2D eigenvalue weighted by atomic mass is 10.1. The number of aliphatic hydroxyl groups excluding tert-OH is 1. The standard InChI is InChI=1S/C11H24N2O/c1-5-6-7-8-11(14)9-10(2)12-13(3)4/h11,14H,5-9H2,1-4H3/b12-10+. The average molecular weight is 200 g/mol. The zero-order chi connectivity index (χ0) is 11.0. The van der Waals surface area contributed by atoms with Crippen molar-refractivity contribution in [2.45, 2.75) is 52.1 Å². The van der Waals surface area contributed by atoms with Crippen LogP contribution in [0.15, 0.2) is 5.10 Å². The molecule has 3 nitrogen and oxygen atoms in total. The maximum atomic E-state index is 9.66. The van der Waals surface area contributed by atoms with E-state index >= 15 is 0 Å². The molecule has 0 saturated heterocycles. The van der Waals surface area contributed by atoms with E-state index in [2.05, 4.69) is 12.0 Å². The molecule has 0 aliphatic rings. The Balaban J connectivity index is 3.65. The van der Waals surface area contributed by atoms with E-state index in [1.807, 2.05) is 21.0 Å². The molecule has 1 atom stereocenters. The van der Waals surface area contributed by atoms with Gasteiger partial charge in [0, 0.05) is 26.2 Å². The molecule has 0 heterocycles. The average Bonchev–Trinajstić information content (AvgIpc) is 2.02. The van der Waals surface area contributed by atoms with Crippen LogP contribution in [0, 0.1) is 0 Å². The van der Waals surface area contributed by atoms with Gasteiger partial charge in [-0.2, -0.15) is 5.10 Å². The zero-order valence-corrected chi connectivity index (χ0v) is 9.95. The Morgan fingerprint density at radius 1 is 1.36 bits per heavy atom. The van der Waals surface area contributed by atoms with Gasteiger partial charge in [-0.25, -0.2) is 0 Å². The lowest BCUT2D eigenvalue weighted by molar-refractivity contribution is 0.168. The number of hydrogen-bond acceptors (Lipinski definition) is 3. The van der Waals surface area contributed by atoms with Crippen LogP contribution in [0.25, 0.3) is 0 Å². The van der Waals surface area contributed by atoms with E-state index in [9.17, 15) is 5.11 Å². The molecular weight excluding hydrogens is 176 g/mol. The molecule has 0 aromatic heterocycles. The number of aliphatic hydroxyl groups is 1. The summed E-state index contributed by atoms with van der Waals surface area (Å²) in [5.41, 5.74) is 0.999. The van der Waals surface area contributed by atoms with E-state index in [1.54, 1.807) is 5.01 Å². The Hall–Kier alpha value is -0.570. The van der Waals surface area contributed by atoms with Crippen molar-refractivity contribution in [2.24, 2.45) is 5.10 Å². The van der Waals surface area contributed by atoms with Crippen LogP contribution in [0.5, 0.6) is 0 Å². The number of unbranched alkanes of at least 4 members (excludes halogenated alkanes) is 2. The Bertz CT molecular complexity index is 167. The fourth-order valence-corrected chi connectivity index (χ4v) is 1.46. The van der Waals surface area contributed by atoms with Gasteiger partial charge in [-0.05, 0) is 13.3 Å². The highest BCUT2D eigenvalue weighted by Crippen LogP contribution is 2.07. The Morgan fingerprint density at radius 3 is 2.50 bits per heavy atom. The first-order valence-corrected chi connectivity index (χ1v) is 5.45. The second-order valence-corrected chi connectivity index (χ2v) is 4.04. The van der Waals surface area contributed by atoms with Crippen molar-refractivity contribution in [3.8, 4) is 0 Å². The largest absolute Gasteiger partial charge is 0.393 e. The fourth-order valence-electron chi connectivity index (χ4n) is 1.46. The maximum absolute atomic E-state index is 9.66. The molecule has 0 amide bonds. The monoisotopic (exact) mass is 200 g/mol. The van der Waals surface area contributed by atoms with Crippen LogP contribution >= 0.6 is 0 Å². The van der Waals surface area contributed by atoms with Crippen LogP contribution < -0.4 is 0 Å². The van der Waals surface area contributed by atoms with Crippen LogP contribution in [0.2, 0.25) is 0 Å². The molecule has 0 spiro atoms. The summed E-state index contributed by atoms with van der Waals surface area (Å²) in [6.07, 6.45) is 4.91. The van der Waals surface area contributed by atoms with E-state index in [4.69, 9.17) is 0 Å². The summed E-state index contributed by atoms with van der Waals surface area (Å²) < 4.78 is 0. The van der Waals surface area contributed by atoms with Gasteiger partial charge in [0.05, 0.1) is 6.10 Å². The van der Waals surface area contributed by atoms with E-state index in [1.165, 1.54) is 12.8 Å². The van der Waals surface area contributed by atoms with Gasteiger partial charge >= 0.3 is 0 Å². The highest BCUT2D eigenvalue weighted by Gasteiger charge is 2.05. The van der Waals surface area contributed by atoms with Gasteiger partial charge in [-0.3, -0.25) is 0 Å². The molecule has 0 fully saturated rings. The molecule has 0 aliphatic carbocycles. The zero-order valence-electron chi connectivity index (χ0n) is 9.95. The smallest absolute Gasteiger partial charge is 0.0592 e. The minimum atomic E-state index is -0.217. The van der Waals surface area contributed by atoms with Crippen LogP contribution in [-0.2, 0) is 0 Å². The number of hydrazone groups is 1. The van der Waals surface area contributed by atoms with Crippen molar-refractivity contribution < 1.29 is 5.11 Å². The summed E-state index contributed by atoms with van der Waals surface area (Å²) in [6.45, 7) is 4.13. The summed E-state index contributed by atoms with van der Waals surface area (Å²) >= 11 is 0. The van der Waals surface area contributed by atoms with Gasteiger partial charge in [0.1, 0.15) is 0 Å². The molecule has 3 heteroatoms. The van der Waals surface area contributed by atoms with Gasteiger partial charge in [0.2, 0.25) is 0 Å². The van der Waals surface area contributed by atoms with Gasteiger partial charge in [-0.15, -0.1) is 0 Å². The normalized spacial score (nSPS) is 14.2. The lowest BCUT2D eigenvalue weighted by Gasteiger charge is -2.11. The van der Waals surface area contributed by atoms with Crippen molar-refractivity contribution in [3.63, 3.8) is 0 Å². The molecular formula is C11H24N2O. The molecule has 14 heavy (non-hydrogen) atoms. The van der Waals surface area contributed by atoms with Crippen molar-refractivity contribution in [1.29, 1.82) is 0 Å². The second kappa shape index (κ2) is 7.80. The lowest BCUT2D eigenvalue weighted by Crippen LogP contribution is -2.14. The van der Waals surface area contributed by atoms with Crippen molar-refractivity contribution in [2.75, 3.05) is 14.1 Å². The second-order valence-electron chi connectivity index (χ2n) is 4.04. The van der Waals surface area contributed by atoms with Gasteiger partial charge in [0.25, 0.3) is 0 Å². The van der Waals surface area contributed by atoms with Crippen molar-refractivity contribution in [1.82, 2.24) is 5.01 Å². The Morgan fingerprint density at radius 2 is 2.00 bits per heavy atom. The number of hydrogen-bond donors (Lipinski definition) is 1. The van der Waals surface area contributed by atoms with Crippen LogP contribution in [0.4, 0.5) is 0 Å². The van der Waals surface area contributed by atoms with Gasteiger partial charge in [-0.1, -0.05) is 26.2 Å². The summed E-state index contributed by atoms with van der Waals surface area (Å²) in [5.74, 6) is 0. The molecule has 0 rings (SSSR count). The molecule has 0 radical (unpaired) electrons. The number of rotatable bonds is 7. The van der Waals surface area contributed by atoms with Gasteiger partial charge < -0.3 is 10.1 Å². The first-order valence-electron chi connectivity index (χ1n) is 5.45. The van der Waals surface area contributed by atoms with Crippen molar-refractivity contribution in [3.05, 3.63) is 0 Å². The molecule has 84 valence electrons. The first-order chi connectivity index (χ1) is 6.56. The topological polar surface area (TPSA) is 35.8 Å². The molecule has 0 aromatic carbocycles. The minimum absolute atomic E-state index is 0.217. The quantitative estimate of drug-likeness (QED) is 0.389. The Kier molecular flexibility index (Phi) is 7.48. The molecule has 1 N–H and O–H groups in total. The SMILES string of the molecule is CCCCCC(O)C/C(C)=N/N(C)C. The summed E-state index contributed by atoms with van der Waals surface area (Å²) in [7, 11) is 3.79. The van der Waals surface area contributed by atoms with Crippen LogP contribution in [0.1, 0.15) is 46.0 Å². The van der Waals surface area contributed by atoms with Crippen molar-refractivity contribution >= 4 is 5.71 Å². The molecule has 1 unspecified atom stereocenters.